The van der Waals surface area contributed by atoms with E-state index in [-0.39, 0.29) is 12.3 Å². The van der Waals surface area contributed by atoms with E-state index in [0.717, 1.165) is 0 Å². The lowest BCUT2D eigenvalue weighted by Gasteiger charge is -2.23. The first kappa shape index (κ1) is 20.6. The van der Waals surface area contributed by atoms with E-state index in [0.29, 0.717) is 12.1 Å². The van der Waals surface area contributed by atoms with E-state index in [1.54, 1.807) is 0 Å². The number of aliphatic hydroxyl groups excluding tert-OH is 1. The molecule has 0 saturated heterocycles. The molecule has 1 heterocycles. The van der Waals surface area contributed by atoms with E-state index in [1.165, 1.54) is 12.5 Å². The average molecular weight is 355 g/mol. The highest BCUT2D eigenvalue weighted by molar-refractivity contribution is 5.91. The molecule has 0 spiro atoms. The molecule has 0 bridgehead atoms. The first-order chi connectivity index (χ1) is 11.7. The van der Waals surface area contributed by atoms with Gasteiger partial charge in [0.15, 0.2) is 0 Å². The molecule has 0 aliphatic carbocycles. The molecule has 1 rings (SSSR count). The molecular weight excluding hydrogens is 330 g/mol. The van der Waals surface area contributed by atoms with Crippen LogP contribution in [0.15, 0.2) is 12.5 Å². The van der Waals surface area contributed by atoms with Crippen LogP contribution in [0.3, 0.4) is 0 Å². The Hall–Kier alpha value is -2.46. The number of H-pyrrole nitrogens is 1. The molecule has 0 aliphatic rings. The van der Waals surface area contributed by atoms with Gasteiger partial charge < -0.3 is 31.6 Å². The maximum Gasteiger partial charge on any atom is 0.326 e. The van der Waals surface area contributed by atoms with Gasteiger partial charge in [-0.1, -0.05) is 13.8 Å². The van der Waals surface area contributed by atoms with Crippen molar-refractivity contribution < 1.29 is 24.6 Å². The molecule has 0 radical (unpaired) electrons. The number of hydrogen-bond donors (Lipinski definition) is 6. The first-order valence-electron chi connectivity index (χ1n) is 7.91. The second-order valence-corrected chi connectivity index (χ2v) is 6.16. The third-order valence-corrected chi connectivity index (χ3v) is 3.47. The van der Waals surface area contributed by atoms with Gasteiger partial charge in [-0.3, -0.25) is 9.59 Å². The van der Waals surface area contributed by atoms with Gasteiger partial charge in [-0.2, -0.15) is 0 Å². The van der Waals surface area contributed by atoms with E-state index in [4.69, 9.17) is 10.8 Å². The Balaban J connectivity index is 2.79. The number of aliphatic hydroxyl groups is 1. The molecule has 3 unspecified atom stereocenters. The number of aromatic amines is 1. The van der Waals surface area contributed by atoms with Crippen molar-refractivity contribution in [2.45, 2.75) is 44.8 Å². The largest absolute Gasteiger partial charge is 0.480 e. The number of nitrogens with two attached hydrogens (primary N) is 1. The number of rotatable bonds is 10. The van der Waals surface area contributed by atoms with E-state index >= 15 is 0 Å². The Bertz CT molecular complexity index is 575. The first-order valence-corrected chi connectivity index (χ1v) is 7.91. The quantitative estimate of drug-likeness (QED) is 0.292. The number of amides is 2. The Morgan fingerprint density at radius 3 is 2.36 bits per heavy atom. The van der Waals surface area contributed by atoms with Crippen LogP contribution in [0.25, 0.3) is 0 Å². The molecular formula is C15H25N5O5. The van der Waals surface area contributed by atoms with Crippen LogP contribution < -0.4 is 16.4 Å². The summed E-state index contributed by atoms with van der Waals surface area (Å²) in [5, 5.41) is 23.1. The van der Waals surface area contributed by atoms with Gasteiger partial charge in [-0.15, -0.1) is 0 Å². The minimum absolute atomic E-state index is 0.0274. The smallest absolute Gasteiger partial charge is 0.326 e. The van der Waals surface area contributed by atoms with Crippen LogP contribution in [0.2, 0.25) is 0 Å². The fourth-order valence-electron chi connectivity index (χ4n) is 2.15. The molecule has 1 aromatic rings. The predicted octanol–water partition coefficient (Wildman–Crippen LogP) is -1.63. The second kappa shape index (κ2) is 9.74. The zero-order valence-corrected chi connectivity index (χ0v) is 14.2. The van der Waals surface area contributed by atoms with Crippen molar-refractivity contribution in [1.82, 2.24) is 20.6 Å². The number of hydrogen-bond acceptors (Lipinski definition) is 6. The Kier molecular flexibility index (Phi) is 8.02. The van der Waals surface area contributed by atoms with Gasteiger partial charge in [0, 0.05) is 18.3 Å². The highest BCUT2D eigenvalue weighted by Crippen LogP contribution is 2.07. The summed E-state index contributed by atoms with van der Waals surface area (Å²) in [6.45, 7) is 3.16. The summed E-state index contributed by atoms with van der Waals surface area (Å²) < 4.78 is 0. The topological polar surface area (TPSA) is 170 Å². The third kappa shape index (κ3) is 6.89. The molecule has 1 aromatic heterocycles. The summed E-state index contributed by atoms with van der Waals surface area (Å²) in [5.41, 5.74) is 5.99. The van der Waals surface area contributed by atoms with Crippen molar-refractivity contribution in [3.63, 3.8) is 0 Å². The number of aliphatic carboxylic acids is 1. The summed E-state index contributed by atoms with van der Waals surface area (Å²) in [7, 11) is 0. The SMILES string of the molecule is CC(C)CC(NC(=O)C(N)CO)C(=O)NC(Cc1cnc[nH]1)C(=O)O. The van der Waals surface area contributed by atoms with Gasteiger partial charge in [0.05, 0.1) is 12.9 Å². The molecule has 0 saturated carbocycles. The lowest BCUT2D eigenvalue weighted by Crippen LogP contribution is -2.55. The summed E-state index contributed by atoms with van der Waals surface area (Å²) in [6, 6.07) is -3.28. The number of aromatic nitrogens is 2. The number of nitrogens with zero attached hydrogens (tertiary/aromatic N) is 1. The van der Waals surface area contributed by atoms with Crippen molar-refractivity contribution in [2.24, 2.45) is 11.7 Å². The van der Waals surface area contributed by atoms with Crippen LogP contribution in [0.1, 0.15) is 26.0 Å². The Morgan fingerprint density at radius 1 is 1.24 bits per heavy atom. The maximum atomic E-state index is 12.5. The molecule has 2 amide bonds. The van der Waals surface area contributed by atoms with Gasteiger partial charge in [0.25, 0.3) is 0 Å². The van der Waals surface area contributed by atoms with Crippen molar-refractivity contribution >= 4 is 17.8 Å². The number of carboxylic acid groups (broad SMARTS) is 1. The van der Waals surface area contributed by atoms with Crippen LogP contribution in [0, 0.1) is 5.92 Å². The monoisotopic (exact) mass is 355 g/mol. The van der Waals surface area contributed by atoms with Crippen LogP contribution in [0.5, 0.6) is 0 Å². The number of nitrogens with one attached hydrogen (secondary N) is 3. The highest BCUT2D eigenvalue weighted by Gasteiger charge is 2.28. The average Bonchev–Trinajstić information content (AvgIpc) is 3.05. The Labute approximate surface area is 145 Å². The van der Waals surface area contributed by atoms with E-state index < -0.39 is 42.5 Å². The standard InChI is InChI=1S/C15H25N5O5/c1-8(2)3-11(19-13(22)10(16)6-21)14(23)20-12(15(24)25)4-9-5-17-7-18-9/h5,7-8,10-12,21H,3-4,6,16H2,1-2H3,(H,17,18)(H,19,22)(H,20,23)(H,24,25). The van der Waals surface area contributed by atoms with E-state index in [2.05, 4.69) is 20.6 Å². The Morgan fingerprint density at radius 2 is 1.88 bits per heavy atom. The molecule has 0 aromatic carbocycles. The van der Waals surface area contributed by atoms with Gasteiger partial charge in [0.1, 0.15) is 18.1 Å². The minimum atomic E-state index is -1.20. The summed E-state index contributed by atoms with van der Waals surface area (Å²) in [6.07, 6.45) is 3.20. The summed E-state index contributed by atoms with van der Waals surface area (Å²) >= 11 is 0. The second-order valence-electron chi connectivity index (χ2n) is 6.16. The summed E-state index contributed by atoms with van der Waals surface area (Å²) in [4.78, 5) is 42.3. The van der Waals surface area contributed by atoms with Crippen LogP contribution in [0.4, 0.5) is 0 Å². The molecule has 0 aliphatic heterocycles. The molecule has 25 heavy (non-hydrogen) atoms. The van der Waals surface area contributed by atoms with Crippen molar-refractivity contribution in [2.75, 3.05) is 6.61 Å². The highest BCUT2D eigenvalue weighted by atomic mass is 16.4. The predicted molar refractivity (Wildman–Crippen MR) is 88.3 cm³/mol. The molecule has 10 nitrogen and oxygen atoms in total. The van der Waals surface area contributed by atoms with Gasteiger partial charge in [0.2, 0.25) is 11.8 Å². The fraction of sp³-hybridized carbons (Fsp3) is 0.600. The normalized spacial score (nSPS) is 14.6. The van der Waals surface area contributed by atoms with Crippen LogP contribution in [-0.4, -0.2) is 62.7 Å². The zero-order chi connectivity index (χ0) is 19.0. The summed E-state index contributed by atoms with van der Waals surface area (Å²) in [5.74, 6) is -2.44. The van der Waals surface area contributed by atoms with Crippen molar-refractivity contribution in [3.05, 3.63) is 18.2 Å². The van der Waals surface area contributed by atoms with E-state index in [9.17, 15) is 19.5 Å². The molecule has 0 fully saturated rings. The fourth-order valence-corrected chi connectivity index (χ4v) is 2.15. The number of carbonyl (C=O) groups excluding carboxylic acids is 2. The zero-order valence-electron chi connectivity index (χ0n) is 14.2. The number of carboxylic acids is 1. The van der Waals surface area contributed by atoms with Gasteiger partial charge in [-0.25, -0.2) is 9.78 Å². The van der Waals surface area contributed by atoms with E-state index in [1.807, 2.05) is 13.8 Å². The molecule has 10 heteroatoms. The van der Waals surface area contributed by atoms with Crippen LogP contribution in [-0.2, 0) is 20.8 Å². The lowest BCUT2D eigenvalue weighted by atomic mass is 10.0. The van der Waals surface area contributed by atoms with Crippen LogP contribution >= 0.6 is 0 Å². The van der Waals surface area contributed by atoms with Gasteiger partial charge >= 0.3 is 5.97 Å². The third-order valence-electron chi connectivity index (χ3n) is 3.47. The maximum absolute atomic E-state index is 12.5. The molecule has 140 valence electrons. The number of carbonyl (C=O) groups is 3. The van der Waals surface area contributed by atoms with Crippen molar-refractivity contribution in [3.8, 4) is 0 Å². The lowest BCUT2D eigenvalue weighted by molar-refractivity contribution is -0.142. The molecule has 7 N–H and O–H groups in total. The minimum Gasteiger partial charge on any atom is -0.480 e. The number of imidazole rings is 1. The van der Waals surface area contributed by atoms with Crippen molar-refractivity contribution in [1.29, 1.82) is 0 Å². The molecule has 3 atom stereocenters. The van der Waals surface area contributed by atoms with Gasteiger partial charge in [-0.05, 0) is 12.3 Å².